The van der Waals surface area contributed by atoms with Gasteiger partial charge in [-0.2, -0.15) is 0 Å². The van der Waals surface area contributed by atoms with Gasteiger partial charge in [0.05, 0.1) is 0 Å². The minimum atomic E-state index is -1.18. The number of para-hydroxylation sites is 1. The van der Waals surface area contributed by atoms with Gasteiger partial charge in [0.2, 0.25) is 0 Å². The second kappa shape index (κ2) is 5.06. The SMILES string of the molecule is COC1(Nc2ccncc2)c2ccccc2NC1C(=O)O. The molecule has 1 aliphatic rings. The van der Waals surface area contributed by atoms with Gasteiger partial charge in [0, 0.05) is 36.4 Å². The summed E-state index contributed by atoms with van der Waals surface area (Å²) in [6.45, 7) is 0. The first kappa shape index (κ1) is 13.4. The average molecular weight is 285 g/mol. The summed E-state index contributed by atoms with van der Waals surface area (Å²) >= 11 is 0. The van der Waals surface area contributed by atoms with Crippen molar-refractivity contribution < 1.29 is 14.6 Å². The fraction of sp³-hybridized carbons (Fsp3) is 0.200. The second-order valence-corrected chi connectivity index (χ2v) is 4.76. The van der Waals surface area contributed by atoms with E-state index in [1.54, 1.807) is 24.5 Å². The molecule has 2 unspecified atom stereocenters. The quantitative estimate of drug-likeness (QED) is 0.744. The number of benzene rings is 1. The number of hydrogen-bond acceptors (Lipinski definition) is 5. The zero-order chi connectivity index (χ0) is 14.9. The van der Waals surface area contributed by atoms with Crippen molar-refractivity contribution in [1.29, 1.82) is 0 Å². The van der Waals surface area contributed by atoms with E-state index in [1.165, 1.54) is 7.11 Å². The van der Waals surface area contributed by atoms with Crippen LogP contribution in [0.15, 0.2) is 48.8 Å². The Morgan fingerprint density at radius 2 is 2.05 bits per heavy atom. The van der Waals surface area contributed by atoms with Gasteiger partial charge in [-0.3, -0.25) is 4.98 Å². The standard InChI is InChI=1S/C15H15N3O3/c1-21-15(18-10-6-8-16-9-7-10)11-4-2-3-5-12(11)17-13(15)14(19)20/h2-9,13,17H,1H3,(H,16,18)(H,19,20). The molecule has 0 amide bonds. The summed E-state index contributed by atoms with van der Waals surface area (Å²) in [7, 11) is 1.49. The predicted octanol–water partition coefficient (Wildman–Crippen LogP) is 1.87. The third kappa shape index (κ3) is 2.09. The number of methoxy groups -OCH3 is 1. The highest BCUT2D eigenvalue weighted by Gasteiger charge is 2.51. The van der Waals surface area contributed by atoms with E-state index in [-0.39, 0.29) is 0 Å². The number of anilines is 2. The molecule has 3 rings (SSSR count). The molecule has 0 aliphatic carbocycles. The van der Waals surface area contributed by atoms with Crippen molar-refractivity contribution in [2.75, 3.05) is 17.7 Å². The first-order valence-electron chi connectivity index (χ1n) is 6.49. The molecule has 0 saturated carbocycles. The Kier molecular flexibility index (Phi) is 3.23. The van der Waals surface area contributed by atoms with Crippen LogP contribution in [0.2, 0.25) is 0 Å². The van der Waals surface area contributed by atoms with Crippen LogP contribution in [0.1, 0.15) is 5.56 Å². The van der Waals surface area contributed by atoms with Gasteiger partial charge in [-0.05, 0) is 18.2 Å². The lowest BCUT2D eigenvalue weighted by Gasteiger charge is -2.34. The van der Waals surface area contributed by atoms with Crippen molar-refractivity contribution in [1.82, 2.24) is 4.98 Å². The van der Waals surface area contributed by atoms with E-state index in [0.717, 1.165) is 16.9 Å². The maximum absolute atomic E-state index is 11.6. The minimum Gasteiger partial charge on any atom is -0.480 e. The lowest BCUT2D eigenvalue weighted by molar-refractivity contribution is -0.144. The number of aliphatic carboxylic acids is 1. The molecule has 2 atom stereocenters. The van der Waals surface area contributed by atoms with Crippen LogP contribution in [-0.2, 0) is 15.3 Å². The zero-order valence-electron chi connectivity index (χ0n) is 11.4. The number of fused-ring (bicyclic) bond motifs is 1. The summed E-state index contributed by atoms with van der Waals surface area (Å²) in [4.78, 5) is 15.6. The largest absolute Gasteiger partial charge is 0.480 e. The topological polar surface area (TPSA) is 83.5 Å². The summed E-state index contributed by atoms with van der Waals surface area (Å²) in [6, 6.07) is 9.98. The van der Waals surface area contributed by atoms with Crippen LogP contribution < -0.4 is 10.6 Å². The number of rotatable bonds is 4. The van der Waals surface area contributed by atoms with Crippen molar-refractivity contribution in [2.24, 2.45) is 0 Å². The van der Waals surface area contributed by atoms with Crippen molar-refractivity contribution >= 4 is 17.3 Å². The molecular formula is C15H15N3O3. The molecule has 2 aromatic rings. The van der Waals surface area contributed by atoms with Gasteiger partial charge in [-0.15, -0.1) is 0 Å². The number of pyridine rings is 1. The minimum absolute atomic E-state index is 0.733. The van der Waals surface area contributed by atoms with Gasteiger partial charge in [-0.25, -0.2) is 4.79 Å². The number of carboxylic acid groups (broad SMARTS) is 1. The lowest BCUT2D eigenvalue weighted by Crippen LogP contribution is -2.51. The Labute approximate surface area is 121 Å². The Morgan fingerprint density at radius 3 is 2.71 bits per heavy atom. The highest BCUT2D eigenvalue weighted by molar-refractivity contribution is 5.85. The van der Waals surface area contributed by atoms with Crippen LogP contribution in [0.4, 0.5) is 11.4 Å². The van der Waals surface area contributed by atoms with Gasteiger partial charge in [0.1, 0.15) is 0 Å². The molecule has 21 heavy (non-hydrogen) atoms. The van der Waals surface area contributed by atoms with Gasteiger partial charge >= 0.3 is 5.97 Å². The van der Waals surface area contributed by atoms with Gasteiger partial charge in [0.15, 0.2) is 11.8 Å². The van der Waals surface area contributed by atoms with Crippen LogP contribution in [0, 0.1) is 0 Å². The molecule has 0 fully saturated rings. The molecule has 0 saturated heterocycles. The molecule has 1 aromatic heterocycles. The average Bonchev–Trinajstić information content (AvgIpc) is 2.84. The van der Waals surface area contributed by atoms with Gasteiger partial charge < -0.3 is 20.5 Å². The lowest BCUT2D eigenvalue weighted by atomic mass is 9.98. The van der Waals surface area contributed by atoms with E-state index < -0.39 is 17.7 Å². The number of nitrogens with one attached hydrogen (secondary N) is 2. The van der Waals surface area contributed by atoms with Crippen molar-refractivity contribution in [2.45, 2.75) is 11.8 Å². The Balaban J connectivity index is 2.10. The van der Waals surface area contributed by atoms with E-state index in [9.17, 15) is 9.90 Å². The molecule has 0 spiro atoms. The normalized spacial score (nSPS) is 23.2. The number of carboxylic acids is 1. The zero-order valence-corrected chi connectivity index (χ0v) is 11.4. The number of hydrogen-bond donors (Lipinski definition) is 3. The van der Waals surface area contributed by atoms with Crippen molar-refractivity contribution in [3.63, 3.8) is 0 Å². The van der Waals surface area contributed by atoms with Crippen LogP contribution in [0.5, 0.6) is 0 Å². The number of carbonyl (C=O) groups is 1. The predicted molar refractivity (Wildman–Crippen MR) is 78.0 cm³/mol. The molecule has 3 N–H and O–H groups in total. The molecular weight excluding hydrogens is 270 g/mol. The van der Waals surface area contributed by atoms with Crippen LogP contribution in [-0.4, -0.2) is 29.2 Å². The fourth-order valence-corrected chi connectivity index (χ4v) is 2.65. The maximum atomic E-state index is 11.6. The molecule has 1 aromatic carbocycles. The van der Waals surface area contributed by atoms with E-state index in [2.05, 4.69) is 15.6 Å². The summed E-state index contributed by atoms with van der Waals surface area (Å²) in [5.41, 5.74) is 1.06. The smallest absolute Gasteiger partial charge is 0.331 e. The third-order valence-electron chi connectivity index (χ3n) is 3.61. The fourth-order valence-electron chi connectivity index (χ4n) is 2.65. The molecule has 108 valence electrons. The molecule has 6 heteroatoms. The van der Waals surface area contributed by atoms with Crippen molar-refractivity contribution in [3.05, 3.63) is 54.4 Å². The second-order valence-electron chi connectivity index (χ2n) is 4.76. The molecule has 2 heterocycles. The summed E-state index contributed by atoms with van der Waals surface area (Å²) in [5.74, 6) is -0.991. The Morgan fingerprint density at radius 1 is 1.33 bits per heavy atom. The van der Waals surface area contributed by atoms with Crippen LogP contribution in [0.3, 0.4) is 0 Å². The summed E-state index contributed by atoms with van der Waals surface area (Å²) < 4.78 is 5.63. The Bertz CT molecular complexity index is 662. The number of ether oxygens (including phenoxy) is 1. The number of aromatic nitrogens is 1. The highest BCUT2D eigenvalue weighted by atomic mass is 16.5. The van der Waals surface area contributed by atoms with E-state index in [4.69, 9.17) is 4.74 Å². The molecule has 1 aliphatic heterocycles. The molecule has 0 radical (unpaired) electrons. The first-order chi connectivity index (χ1) is 10.2. The van der Waals surface area contributed by atoms with Gasteiger partial charge in [-0.1, -0.05) is 18.2 Å². The Hall–Kier alpha value is -2.60. The molecule has 0 bridgehead atoms. The van der Waals surface area contributed by atoms with E-state index in [1.807, 2.05) is 24.3 Å². The van der Waals surface area contributed by atoms with Crippen molar-refractivity contribution in [3.8, 4) is 0 Å². The third-order valence-corrected chi connectivity index (χ3v) is 3.61. The van der Waals surface area contributed by atoms with Crippen LogP contribution >= 0.6 is 0 Å². The van der Waals surface area contributed by atoms with Gasteiger partial charge in [0.25, 0.3) is 0 Å². The maximum Gasteiger partial charge on any atom is 0.331 e. The van der Waals surface area contributed by atoms with E-state index in [0.29, 0.717) is 0 Å². The van der Waals surface area contributed by atoms with Crippen LogP contribution in [0.25, 0.3) is 0 Å². The summed E-state index contributed by atoms with van der Waals surface area (Å²) in [6.07, 6.45) is 3.27. The molecule has 6 nitrogen and oxygen atoms in total. The monoisotopic (exact) mass is 285 g/mol. The highest BCUT2D eigenvalue weighted by Crippen LogP contribution is 2.42. The van der Waals surface area contributed by atoms with E-state index >= 15 is 0 Å². The number of nitrogens with zero attached hydrogens (tertiary/aromatic N) is 1. The first-order valence-corrected chi connectivity index (χ1v) is 6.49. The summed E-state index contributed by atoms with van der Waals surface area (Å²) in [5, 5.41) is 15.7.